The van der Waals surface area contributed by atoms with Gasteiger partial charge in [-0.2, -0.15) is 8.78 Å². The van der Waals surface area contributed by atoms with Crippen molar-refractivity contribution in [1.82, 2.24) is 4.90 Å². The number of carbonyl (C=O) groups excluding carboxylic acids is 2. The molecule has 0 saturated carbocycles. The van der Waals surface area contributed by atoms with Crippen LogP contribution in [0.25, 0.3) is 0 Å². The molecule has 0 bridgehead atoms. The lowest BCUT2D eigenvalue weighted by Gasteiger charge is -2.33. The first kappa shape index (κ1) is 26.9. The molecule has 1 fully saturated rings. The predicted octanol–water partition coefficient (Wildman–Crippen LogP) is 3.42. The van der Waals surface area contributed by atoms with Crippen LogP contribution in [0.3, 0.4) is 0 Å². The van der Waals surface area contributed by atoms with E-state index in [2.05, 4.69) is 0 Å². The third kappa shape index (κ3) is 7.14. The fourth-order valence-electron chi connectivity index (χ4n) is 3.79. The van der Waals surface area contributed by atoms with Gasteiger partial charge in [0.2, 0.25) is 0 Å². The van der Waals surface area contributed by atoms with Crippen LogP contribution in [0.4, 0.5) is 13.6 Å². The van der Waals surface area contributed by atoms with E-state index in [4.69, 9.17) is 9.47 Å². The highest BCUT2D eigenvalue weighted by Gasteiger charge is 2.39. The Bertz CT molecular complexity index is 1060. The Morgan fingerprint density at radius 1 is 1.37 bits per heavy atom. The molecule has 1 aromatic carbocycles. The van der Waals surface area contributed by atoms with Crippen molar-refractivity contribution in [2.75, 3.05) is 13.2 Å². The van der Waals surface area contributed by atoms with Crippen LogP contribution in [0, 0.1) is 0 Å². The Labute approximate surface area is 208 Å². The van der Waals surface area contributed by atoms with Crippen molar-refractivity contribution >= 4 is 36.7 Å². The number of aliphatic hydroxyl groups excluding tert-OH is 1. The van der Waals surface area contributed by atoms with Crippen LogP contribution < -0.4 is 5.46 Å². The Morgan fingerprint density at radius 2 is 2.14 bits per heavy atom. The fraction of sp³-hybridized carbons (Fsp3) is 0.440. The maximum atomic E-state index is 14.7. The van der Waals surface area contributed by atoms with E-state index < -0.39 is 24.2 Å². The molecule has 188 valence electrons. The topological polar surface area (TPSA) is 76.1 Å². The summed E-state index contributed by atoms with van der Waals surface area (Å²) >= 11 is 1.35. The van der Waals surface area contributed by atoms with Crippen LogP contribution in [0.2, 0.25) is 0 Å². The number of aliphatic hydroxyl groups is 1. The number of rotatable bonds is 10. The van der Waals surface area contributed by atoms with E-state index in [0.29, 0.717) is 36.1 Å². The number of halogens is 2. The number of hydrogen-bond acceptors (Lipinski definition) is 6. The van der Waals surface area contributed by atoms with Gasteiger partial charge in [0.1, 0.15) is 18.8 Å². The van der Waals surface area contributed by atoms with Gasteiger partial charge in [0.25, 0.3) is 0 Å². The lowest BCUT2D eigenvalue weighted by Crippen LogP contribution is -2.45. The number of carbonyl (C=O) groups is 2. The number of hydrogen-bond donors (Lipinski definition) is 1. The smallest absolute Gasteiger partial charge is 0.410 e. The summed E-state index contributed by atoms with van der Waals surface area (Å²) in [4.78, 5) is 27.3. The van der Waals surface area contributed by atoms with Crippen molar-refractivity contribution in [3.05, 3.63) is 63.9 Å². The highest BCUT2D eigenvalue weighted by Crippen LogP contribution is 2.32. The lowest BCUT2D eigenvalue weighted by atomic mass is 9.91. The van der Waals surface area contributed by atoms with Gasteiger partial charge < -0.3 is 19.5 Å². The number of aryl methyl sites for hydroxylation is 1. The monoisotopic (exact) mass is 505 g/mol. The molecule has 2 heterocycles. The molecule has 1 aliphatic rings. The van der Waals surface area contributed by atoms with Gasteiger partial charge in [-0.25, -0.2) is 9.59 Å². The summed E-state index contributed by atoms with van der Waals surface area (Å²) in [6.07, 6.45) is 1.45. The first-order valence-electron chi connectivity index (χ1n) is 11.6. The number of benzene rings is 1. The molecule has 1 aliphatic heterocycles. The minimum Gasteiger partial charge on any atom is -0.459 e. The molecule has 0 radical (unpaired) electrons. The second-order valence-electron chi connectivity index (χ2n) is 8.81. The SMILES string of the molecule is Bc1cccc(C(F)(F)[C@H](O)/C=C/[C@H]2CCOC(=O)N2CCCc2ccc(C(=O)OC(C)C)s2)c1. The molecule has 6 nitrogen and oxygen atoms in total. The molecule has 0 aliphatic carbocycles. The molecular weight excluding hydrogens is 475 g/mol. The number of alkyl halides is 2. The molecule has 3 rings (SSSR count). The number of thiophene rings is 1. The van der Waals surface area contributed by atoms with Gasteiger partial charge in [0.15, 0.2) is 0 Å². The molecule has 0 spiro atoms. The number of esters is 1. The van der Waals surface area contributed by atoms with Crippen molar-refractivity contribution in [2.24, 2.45) is 0 Å². The van der Waals surface area contributed by atoms with Gasteiger partial charge in [-0.15, -0.1) is 11.3 Å². The first-order chi connectivity index (χ1) is 16.6. The summed E-state index contributed by atoms with van der Waals surface area (Å²) in [6.45, 7) is 4.11. The van der Waals surface area contributed by atoms with Crippen molar-refractivity contribution < 1.29 is 33.0 Å². The maximum Gasteiger partial charge on any atom is 0.410 e. The van der Waals surface area contributed by atoms with Gasteiger partial charge >= 0.3 is 18.0 Å². The molecule has 2 atom stereocenters. The predicted molar refractivity (Wildman–Crippen MR) is 133 cm³/mol. The molecule has 0 unspecified atom stereocenters. The molecular formula is C25H30BF2NO5S. The fourth-order valence-corrected chi connectivity index (χ4v) is 4.73. The Kier molecular flexibility index (Phi) is 9.07. The molecule has 10 heteroatoms. The van der Waals surface area contributed by atoms with Gasteiger partial charge in [-0.1, -0.05) is 41.9 Å². The van der Waals surface area contributed by atoms with E-state index >= 15 is 0 Å². The third-order valence-corrected chi connectivity index (χ3v) is 6.72. The third-order valence-electron chi connectivity index (χ3n) is 5.59. The molecule has 1 aromatic heterocycles. The quantitative estimate of drug-likeness (QED) is 0.304. The minimum atomic E-state index is -3.46. The van der Waals surface area contributed by atoms with Gasteiger partial charge in [0, 0.05) is 23.4 Å². The lowest BCUT2D eigenvalue weighted by molar-refractivity contribution is -0.0929. The summed E-state index contributed by atoms with van der Waals surface area (Å²) in [5, 5.41) is 10.2. The van der Waals surface area contributed by atoms with Crippen molar-refractivity contribution in [3.63, 3.8) is 0 Å². The zero-order valence-electron chi connectivity index (χ0n) is 20.1. The van der Waals surface area contributed by atoms with E-state index in [-0.39, 0.29) is 24.2 Å². The average molecular weight is 505 g/mol. The Morgan fingerprint density at radius 3 is 2.86 bits per heavy atom. The standard InChI is InChI=1S/C25H30BF2NO5S/c1-16(2)34-23(31)21-10-9-20(35-21)7-4-13-29-19(12-14-33-24(29)32)8-11-22(30)25(27,28)17-5-3-6-18(26)15-17/h3,5-6,8-11,15-16,19,22,30H,4,7,12-14,26H2,1-2H3/b11-8+/t19-,22+/m0/s1. The average Bonchev–Trinajstić information content (AvgIpc) is 3.27. The van der Waals surface area contributed by atoms with Crippen LogP contribution >= 0.6 is 11.3 Å². The molecule has 2 aromatic rings. The number of cyclic esters (lactones) is 1. The van der Waals surface area contributed by atoms with E-state index in [1.54, 1.807) is 33.8 Å². The minimum absolute atomic E-state index is 0.182. The summed E-state index contributed by atoms with van der Waals surface area (Å²) in [7, 11) is 1.71. The van der Waals surface area contributed by atoms with E-state index in [1.165, 1.54) is 40.5 Å². The maximum absolute atomic E-state index is 14.7. The number of nitrogens with zero attached hydrogens (tertiary/aromatic N) is 1. The summed E-state index contributed by atoms with van der Waals surface area (Å²) in [6, 6.07) is 8.99. The van der Waals surface area contributed by atoms with Crippen LogP contribution in [0.1, 0.15) is 46.8 Å². The highest BCUT2D eigenvalue weighted by molar-refractivity contribution is 7.13. The normalized spacial score (nSPS) is 17.6. The van der Waals surface area contributed by atoms with E-state index in [0.717, 1.165) is 11.0 Å². The van der Waals surface area contributed by atoms with Gasteiger partial charge in [-0.3, -0.25) is 0 Å². The van der Waals surface area contributed by atoms with Crippen molar-refractivity contribution in [1.29, 1.82) is 0 Å². The zero-order chi connectivity index (χ0) is 25.6. The molecule has 35 heavy (non-hydrogen) atoms. The van der Waals surface area contributed by atoms with Crippen molar-refractivity contribution in [3.8, 4) is 0 Å². The summed E-state index contributed by atoms with van der Waals surface area (Å²) < 4.78 is 39.8. The first-order valence-corrected chi connectivity index (χ1v) is 12.4. The van der Waals surface area contributed by atoms with Crippen LogP contribution in [0.15, 0.2) is 48.6 Å². The Hall–Kier alpha value is -2.72. The highest BCUT2D eigenvalue weighted by atomic mass is 32.1. The second kappa shape index (κ2) is 11.8. The largest absolute Gasteiger partial charge is 0.459 e. The molecule has 1 amide bonds. The van der Waals surface area contributed by atoms with Gasteiger partial charge in [0.05, 0.1) is 18.8 Å². The molecule has 1 saturated heterocycles. The zero-order valence-corrected chi connectivity index (χ0v) is 20.9. The van der Waals surface area contributed by atoms with Gasteiger partial charge in [-0.05, 0) is 38.8 Å². The summed E-state index contributed by atoms with van der Waals surface area (Å²) in [5.41, 5.74) is 0.413. The Balaban J connectivity index is 1.60. The van der Waals surface area contributed by atoms with Crippen LogP contribution in [-0.4, -0.2) is 61.3 Å². The summed E-state index contributed by atoms with van der Waals surface area (Å²) in [5.74, 6) is -3.82. The second-order valence-corrected chi connectivity index (χ2v) is 9.98. The number of ether oxygens (including phenoxy) is 2. The van der Waals surface area contributed by atoms with Crippen molar-refractivity contribution in [2.45, 2.75) is 57.3 Å². The van der Waals surface area contributed by atoms with Crippen LogP contribution in [0.5, 0.6) is 0 Å². The van der Waals surface area contributed by atoms with E-state index in [9.17, 15) is 23.5 Å². The molecule has 1 N–H and O–H groups in total. The van der Waals surface area contributed by atoms with E-state index in [1.807, 2.05) is 6.07 Å². The van der Waals surface area contributed by atoms with Crippen LogP contribution in [-0.2, 0) is 21.8 Å². The number of amides is 1.